The summed E-state index contributed by atoms with van der Waals surface area (Å²) in [4.78, 5) is 2.33. The molecule has 0 bridgehead atoms. The Hall–Kier alpha value is -6.46. The van der Waals surface area contributed by atoms with Crippen molar-refractivity contribution >= 4 is 89.6 Å². The van der Waals surface area contributed by atoms with E-state index in [1.807, 2.05) is 0 Å². The first-order valence-electron chi connectivity index (χ1n) is 16.9. The highest BCUT2D eigenvalue weighted by Gasteiger charge is 2.46. The van der Waals surface area contributed by atoms with Crippen LogP contribution in [0.2, 0.25) is 0 Å². The van der Waals surface area contributed by atoms with E-state index in [0.29, 0.717) is 0 Å². The smallest absolute Gasteiger partial charge is 0.337 e. The van der Waals surface area contributed by atoms with Crippen molar-refractivity contribution < 1.29 is 4.42 Å². The lowest BCUT2D eigenvalue weighted by Gasteiger charge is -2.37. The summed E-state index contributed by atoms with van der Waals surface area (Å²) in [5.74, 6) is 0.885. The summed E-state index contributed by atoms with van der Waals surface area (Å²) < 4.78 is 12.0. The first-order valence-corrected chi connectivity index (χ1v) is 16.9. The van der Waals surface area contributed by atoms with E-state index in [4.69, 9.17) is 4.42 Å². The molecule has 3 aromatic heterocycles. The van der Waals surface area contributed by atoms with Gasteiger partial charge in [-0.05, 0) is 65.6 Å². The molecule has 0 atom stereocenters. The Kier molecular flexibility index (Phi) is 4.77. The lowest BCUT2D eigenvalue weighted by molar-refractivity contribution is 0.622. The highest BCUT2D eigenvalue weighted by molar-refractivity contribution is 6.91. The molecule has 0 unspecified atom stereocenters. The van der Waals surface area contributed by atoms with E-state index >= 15 is 0 Å². The SMILES string of the molecule is c1ccc(N2c3cccc4c3B(c3c2oc2ccccc32)n2c3ccccc3c3c2c-4cc2c4ccccc4n(-c4ccccc4)c23)cc1. The zero-order valence-corrected chi connectivity index (χ0v) is 26.3. The number of aromatic nitrogens is 2. The van der Waals surface area contributed by atoms with Gasteiger partial charge in [-0.3, -0.25) is 4.90 Å². The second-order valence-electron chi connectivity index (χ2n) is 13.2. The number of rotatable bonds is 2. The maximum atomic E-state index is 6.88. The van der Waals surface area contributed by atoms with Crippen LogP contribution in [0.1, 0.15) is 0 Å². The van der Waals surface area contributed by atoms with E-state index in [9.17, 15) is 0 Å². The summed E-state index contributed by atoms with van der Waals surface area (Å²) in [6.45, 7) is -0.0771. The third-order valence-corrected chi connectivity index (χ3v) is 10.9. The molecule has 5 heterocycles. The Labute approximate surface area is 281 Å². The zero-order valence-electron chi connectivity index (χ0n) is 26.3. The lowest BCUT2D eigenvalue weighted by atomic mass is 9.45. The van der Waals surface area contributed by atoms with Crippen molar-refractivity contribution in [2.24, 2.45) is 0 Å². The van der Waals surface area contributed by atoms with Gasteiger partial charge in [0.2, 0.25) is 5.88 Å². The van der Waals surface area contributed by atoms with Crippen molar-refractivity contribution in [1.82, 2.24) is 9.05 Å². The van der Waals surface area contributed by atoms with Crippen molar-refractivity contribution in [2.45, 2.75) is 0 Å². The van der Waals surface area contributed by atoms with E-state index in [2.05, 4.69) is 172 Å². The van der Waals surface area contributed by atoms with Gasteiger partial charge in [-0.2, -0.15) is 0 Å². The zero-order chi connectivity index (χ0) is 31.8. The van der Waals surface area contributed by atoms with Crippen molar-refractivity contribution in [3.8, 4) is 16.8 Å². The van der Waals surface area contributed by atoms with Crippen molar-refractivity contribution in [1.29, 1.82) is 0 Å². The van der Waals surface area contributed by atoms with E-state index < -0.39 is 0 Å². The Morgan fingerprint density at radius 3 is 1.96 bits per heavy atom. The van der Waals surface area contributed by atoms with Gasteiger partial charge in [0.1, 0.15) is 5.58 Å². The average molecular weight is 624 g/mol. The first kappa shape index (κ1) is 25.6. The topological polar surface area (TPSA) is 26.2 Å². The molecular formula is C44H26BN3O. The fraction of sp³-hybridized carbons (Fsp3) is 0. The monoisotopic (exact) mass is 623 g/mol. The molecule has 0 amide bonds. The van der Waals surface area contributed by atoms with Gasteiger partial charge in [-0.15, -0.1) is 0 Å². The van der Waals surface area contributed by atoms with Gasteiger partial charge in [-0.25, -0.2) is 0 Å². The number of hydrogen-bond acceptors (Lipinski definition) is 2. The van der Waals surface area contributed by atoms with Crippen LogP contribution in [0, 0.1) is 0 Å². The first-order chi connectivity index (χ1) is 24.4. The molecule has 0 saturated carbocycles. The molecule has 49 heavy (non-hydrogen) atoms. The lowest BCUT2D eigenvalue weighted by Crippen LogP contribution is -2.56. The van der Waals surface area contributed by atoms with Gasteiger partial charge in [-0.1, -0.05) is 103 Å². The highest BCUT2D eigenvalue weighted by atomic mass is 16.4. The van der Waals surface area contributed by atoms with Gasteiger partial charge < -0.3 is 13.5 Å². The molecule has 4 nitrogen and oxygen atoms in total. The average Bonchev–Trinajstić information content (AvgIpc) is 3.82. The van der Waals surface area contributed by atoms with Crippen LogP contribution in [-0.4, -0.2) is 15.9 Å². The van der Waals surface area contributed by atoms with Crippen LogP contribution in [0.15, 0.2) is 162 Å². The molecule has 0 aliphatic carbocycles. The third kappa shape index (κ3) is 3.11. The minimum absolute atomic E-state index is 0.0771. The second kappa shape index (κ2) is 9.12. The predicted molar refractivity (Wildman–Crippen MR) is 204 cm³/mol. The third-order valence-electron chi connectivity index (χ3n) is 10.9. The summed E-state index contributed by atoms with van der Waals surface area (Å²) in [5.41, 5.74) is 14.3. The molecule has 0 N–H and O–H groups in total. The predicted octanol–water partition coefficient (Wildman–Crippen LogP) is 10.1. The number of anilines is 3. The molecule has 226 valence electrons. The maximum absolute atomic E-state index is 6.88. The Bertz CT molecular complexity index is 3010. The molecule has 2 aliphatic rings. The summed E-state index contributed by atoms with van der Waals surface area (Å²) in [7, 11) is 0. The van der Waals surface area contributed by atoms with Gasteiger partial charge in [0.15, 0.2) is 0 Å². The van der Waals surface area contributed by atoms with Crippen LogP contribution in [0.5, 0.6) is 0 Å². The number of benzene rings is 7. The van der Waals surface area contributed by atoms with Crippen molar-refractivity contribution in [3.63, 3.8) is 0 Å². The van der Waals surface area contributed by atoms with Gasteiger partial charge in [0.05, 0.1) is 11.0 Å². The summed E-state index contributed by atoms with van der Waals surface area (Å²) >= 11 is 0. The molecular weight excluding hydrogens is 597 g/mol. The number of hydrogen-bond donors (Lipinski definition) is 0. The molecule has 0 fully saturated rings. The van der Waals surface area contributed by atoms with E-state index in [1.165, 1.54) is 71.4 Å². The largest absolute Gasteiger partial charge is 0.440 e. The van der Waals surface area contributed by atoms with Gasteiger partial charge in [0, 0.05) is 66.1 Å². The molecule has 0 radical (unpaired) electrons. The standard InChI is InChI=1S/C44H26BN3O/c1-3-14-27(15-4-1)46-35-22-10-7-18-29(35)33-26-34-30-21-13-24-37-40(30)45(48-36-23-11-8-19-31(36)39(42(33)46)43(34)48)41-32-20-9-12-25-38(32)49-44(41)47(37)28-16-5-2-6-17-28/h1-26H. The van der Waals surface area contributed by atoms with Crippen LogP contribution < -0.4 is 15.8 Å². The summed E-state index contributed by atoms with van der Waals surface area (Å²) in [6.07, 6.45) is 0. The Morgan fingerprint density at radius 1 is 0.469 bits per heavy atom. The fourth-order valence-corrected chi connectivity index (χ4v) is 9.06. The Balaban J connectivity index is 1.33. The van der Waals surface area contributed by atoms with Gasteiger partial charge >= 0.3 is 6.85 Å². The van der Waals surface area contributed by atoms with E-state index in [0.717, 1.165) is 28.2 Å². The van der Waals surface area contributed by atoms with Crippen LogP contribution in [0.25, 0.3) is 71.4 Å². The molecule has 5 heteroatoms. The van der Waals surface area contributed by atoms with Crippen LogP contribution in [0.4, 0.5) is 17.3 Å². The quantitative estimate of drug-likeness (QED) is 0.179. The molecule has 2 aliphatic heterocycles. The molecule has 12 rings (SSSR count). The van der Waals surface area contributed by atoms with Crippen molar-refractivity contribution in [3.05, 3.63) is 158 Å². The molecule has 0 spiro atoms. The number of fused-ring (bicyclic) bond motifs is 13. The summed E-state index contributed by atoms with van der Waals surface area (Å²) in [6, 6.07) is 57.1. The van der Waals surface area contributed by atoms with Crippen LogP contribution >= 0.6 is 0 Å². The Morgan fingerprint density at radius 2 is 1.14 bits per heavy atom. The van der Waals surface area contributed by atoms with Crippen LogP contribution in [-0.2, 0) is 0 Å². The fourth-order valence-electron chi connectivity index (χ4n) is 9.06. The molecule has 10 aromatic rings. The number of para-hydroxylation sites is 5. The van der Waals surface area contributed by atoms with Crippen LogP contribution in [0.3, 0.4) is 0 Å². The second-order valence-corrected chi connectivity index (χ2v) is 13.2. The minimum Gasteiger partial charge on any atom is -0.440 e. The number of furan rings is 1. The summed E-state index contributed by atoms with van der Waals surface area (Å²) in [5, 5.41) is 6.23. The molecule has 0 saturated heterocycles. The van der Waals surface area contributed by atoms with E-state index in [1.54, 1.807) is 0 Å². The van der Waals surface area contributed by atoms with Crippen molar-refractivity contribution in [2.75, 3.05) is 4.90 Å². The highest BCUT2D eigenvalue weighted by Crippen LogP contribution is 2.50. The maximum Gasteiger partial charge on any atom is 0.337 e. The molecule has 7 aromatic carbocycles. The van der Waals surface area contributed by atoms with Gasteiger partial charge in [0.25, 0.3) is 0 Å². The minimum atomic E-state index is -0.0771. The normalized spacial score (nSPS) is 13.2. The number of nitrogens with zero attached hydrogens (tertiary/aromatic N) is 3. The van der Waals surface area contributed by atoms with E-state index in [-0.39, 0.29) is 6.85 Å².